The zero-order chi connectivity index (χ0) is 23.3. The van der Waals surface area contributed by atoms with E-state index in [1.165, 1.54) is 54.6 Å². The van der Waals surface area contributed by atoms with Gasteiger partial charge in [-0.1, -0.05) is 24.3 Å². The quantitative estimate of drug-likeness (QED) is 0.411. The van der Waals surface area contributed by atoms with E-state index in [2.05, 4.69) is 10.6 Å². The van der Waals surface area contributed by atoms with Crippen molar-refractivity contribution in [1.29, 1.82) is 0 Å². The van der Waals surface area contributed by atoms with Crippen LogP contribution in [-0.2, 0) is 17.4 Å². The average Bonchev–Trinajstić information content (AvgIpc) is 2.74. The highest BCUT2D eigenvalue weighted by Crippen LogP contribution is 2.30. The number of non-ortho nitro benzene ring substituents is 1. The molecule has 2 N–H and O–H groups in total. The minimum atomic E-state index is -4.53. The van der Waals surface area contributed by atoms with Crippen LogP contribution in [0.5, 0.6) is 0 Å². The smallest absolute Gasteiger partial charge is 0.326 e. The number of nitro benzene ring substituents is 1. The molecular weight excluding hydrogens is 427 g/mol. The maximum Gasteiger partial charge on any atom is 0.416 e. The lowest BCUT2D eigenvalue weighted by Crippen LogP contribution is -2.16. The second kappa shape index (κ2) is 9.29. The third kappa shape index (κ3) is 5.91. The van der Waals surface area contributed by atoms with E-state index < -0.39 is 28.5 Å². The van der Waals surface area contributed by atoms with Gasteiger partial charge in [-0.25, -0.2) is 0 Å². The van der Waals surface area contributed by atoms with Crippen molar-refractivity contribution < 1.29 is 27.7 Å². The predicted octanol–water partition coefficient (Wildman–Crippen LogP) is 5.05. The Bertz CT molecular complexity index is 1160. The van der Waals surface area contributed by atoms with Gasteiger partial charge in [0.25, 0.3) is 11.6 Å². The third-order valence-corrected chi connectivity index (χ3v) is 4.37. The molecule has 164 valence electrons. The van der Waals surface area contributed by atoms with Crippen LogP contribution in [0.25, 0.3) is 0 Å². The van der Waals surface area contributed by atoms with Crippen molar-refractivity contribution in [2.24, 2.45) is 0 Å². The minimum Gasteiger partial charge on any atom is -0.326 e. The molecule has 7 nitrogen and oxygen atoms in total. The molecule has 0 fully saturated rings. The predicted molar refractivity (Wildman–Crippen MR) is 111 cm³/mol. The summed E-state index contributed by atoms with van der Waals surface area (Å²) in [5.41, 5.74) is 0.0179. The van der Waals surface area contributed by atoms with Crippen LogP contribution in [0.2, 0.25) is 0 Å². The van der Waals surface area contributed by atoms with Crippen molar-refractivity contribution >= 4 is 28.9 Å². The van der Waals surface area contributed by atoms with Crippen LogP contribution < -0.4 is 10.6 Å². The number of nitrogens with zero attached hydrogens (tertiary/aromatic N) is 1. The Kier molecular flexibility index (Phi) is 6.53. The molecule has 2 amide bonds. The van der Waals surface area contributed by atoms with Gasteiger partial charge in [0.1, 0.15) is 0 Å². The molecule has 0 aliphatic heterocycles. The summed E-state index contributed by atoms with van der Waals surface area (Å²) < 4.78 is 38.5. The van der Waals surface area contributed by atoms with Crippen molar-refractivity contribution in [2.45, 2.75) is 12.6 Å². The molecule has 0 saturated carbocycles. The maximum absolute atomic E-state index is 12.8. The van der Waals surface area contributed by atoms with Gasteiger partial charge in [0, 0.05) is 29.1 Å². The van der Waals surface area contributed by atoms with Crippen LogP contribution in [0, 0.1) is 10.1 Å². The van der Waals surface area contributed by atoms with Gasteiger partial charge < -0.3 is 10.6 Å². The highest BCUT2D eigenvalue weighted by atomic mass is 19.4. The Labute approximate surface area is 180 Å². The number of amides is 2. The van der Waals surface area contributed by atoms with E-state index in [0.29, 0.717) is 11.3 Å². The highest BCUT2D eigenvalue weighted by Gasteiger charge is 2.30. The van der Waals surface area contributed by atoms with Gasteiger partial charge >= 0.3 is 6.18 Å². The first kappa shape index (κ1) is 22.5. The van der Waals surface area contributed by atoms with E-state index in [0.717, 1.165) is 12.1 Å². The van der Waals surface area contributed by atoms with Crippen molar-refractivity contribution in [3.05, 3.63) is 99.6 Å². The van der Waals surface area contributed by atoms with Gasteiger partial charge in [-0.2, -0.15) is 13.2 Å². The molecule has 0 spiro atoms. The standard InChI is InChI=1S/C22H16F3N3O4/c23-22(24,25)16-4-2-6-18(13-16)27-21(30)15-3-1-5-17(12-15)26-20(29)11-14-7-9-19(10-8-14)28(31)32/h1-10,12-13H,11H2,(H,26,29)(H,27,30). The fraction of sp³-hybridized carbons (Fsp3) is 0.0909. The number of hydrogen-bond acceptors (Lipinski definition) is 4. The summed E-state index contributed by atoms with van der Waals surface area (Å²) in [7, 11) is 0. The molecule has 32 heavy (non-hydrogen) atoms. The van der Waals surface area contributed by atoms with Crippen LogP contribution in [0.3, 0.4) is 0 Å². The lowest BCUT2D eigenvalue weighted by atomic mass is 10.1. The number of carbonyl (C=O) groups is 2. The Morgan fingerprint density at radius 2 is 1.50 bits per heavy atom. The normalized spacial score (nSPS) is 11.0. The molecule has 0 aliphatic rings. The largest absolute Gasteiger partial charge is 0.416 e. The van der Waals surface area contributed by atoms with E-state index in [4.69, 9.17) is 0 Å². The Balaban J connectivity index is 1.65. The molecule has 0 aromatic heterocycles. The summed E-state index contributed by atoms with van der Waals surface area (Å²) in [4.78, 5) is 34.8. The molecule has 0 heterocycles. The van der Waals surface area contributed by atoms with Crippen molar-refractivity contribution in [3.8, 4) is 0 Å². The van der Waals surface area contributed by atoms with Crippen LogP contribution in [0.1, 0.15) is 21.5 Å². The lowest BCUT2D eigenvalue weighted by Gasteiger charge is -2.11. The second-order valence-electron chi connectivity index (χ2n) is 6.76. The van der Waals surface area contributed by atoms with E-state index in [9.17, 15) is 32.9 Å². The topological polar surface area (TPSA) is 101 Å². The Morgan fingerprint density at radius 1 is 0.875 bits per heavy atom. The number of rotatable bonds is 6. The van der Waals surface area contributed by atoms with Crippen LogP contribution in [0.15, 0.2) is 72.8 Å². The summed E-state index contributed by atoms with van der Waals surface area (Å²) in [5, 5.41) is 15.7. The van der Waals surface area contributed by atoms with Gasteiger partial charge in [-0.05, 0) is 42.0 Å². The van der Waals surface area contributed by atoms with Gasteiger partial charge in [0.15, 0.2) is 0 Å². The summed E-state index contributed by atoms with van der Waals surface area (Å²) in [6.07, 6.45) is -4.58. The number of anilines is 2. The van der Waals surface area contributed by atoms with Crippen molar-refractivity contribution in [1.82, 2.24) is 0 Å². The second-order valence-corrected chi connectivity index (χ2v) is 6.76. The summed E-state index contributed by atoms with van der Waals surface area (Å²) >= 11 is 0. The van der Waals surface area contributed by atoms with Crippen molar-refractivity contribution in [3.63, 3.8) is 0 Å². The third-order valence-electron chi connectivity index (χ3n) is 4.37. The number of halogens is 3. The molecule has 3 aromatic rings. The molecule has 0 radical (unpaired) electrons. The maximum atomic E-state index is 12.8. The Morgan fingerprint density at radius 3 is 2.12 bits per heavy atom. The first-order valence-corrected chi connectivity index (χ1v) is 9.24. The molecular formula is C22H16F3N3O4. The summed E-state index contributed by atoms with van der Waals surface area (Å²) in [6, 6.07) is 15.7. The average molecular weight is 443 g/mol. The van der Waals surface area contributed by atoms with Crippen LogP contribution in [0.4, 0.5) is 30.2 Å². The molecule has 0 aliphatic carbocycles. The Hall–Kier alpha value is -4.21. The number of carbonyl (C=O) groups excluding carboxylic acids is 2. The number of hydrogen-bond donors (Lipinski definition) is 2. The first-order chi connectivity index (χ1) is 15.1. The fourth-order valence-electron chi connectivity index (χ4n) is 2.84. The number of nitrogens with one attached hydrogen (secondary N) is 2. The fourth-order valence-corrected chi connectivity index (χ4v) is 2.84. The van der Waals surface area contributed by atoms with Crippen molar-refractivity contribution in [2.75, 3.05) is 10.6 Å². The molecule has 0 bridgehead atoms. The number of alkyl halides is 3. The van der Waals surface area contributed by atoms with Crippen LogP contribution in [-0.4, -0.2) is 16.7 Å². The molecule has 10 heteroatoms. The molecule has 3 aromatic carbocycles. The molecule has 0 saturated heterocycles. The zero-order valence-electron chi connectivity index (χ0n) is 16.3. The monoisotopic (exact) mass is 443 g/mol. The van der Waals surface area contributed by atoms with E-state index >= 15 is 0 Å². The van der Waals surface area contributed by atoms with E-state index in [-0.39, 0.29) is 23.4 Å². The molecule has 0 atom stereocenters. The number of benzene rings is 3. The van der Waals surface area contributed by atoms with Gasteiger partial charge in [-0.15, -0.1) is 0 Å². The number of nitro groups is 1. The van der Waals surface area contributed by atoms with E-state index in [1.807, 2.05) is 0 Å². The minimum absolute atomic E-state index is 0.0163. The summed E-state index contributed by atoms with van der Waals surface area (Å²) in [5.74, 6) is -1.05. The molecule has 0 unspecified atom stereocenters. The summed E-state index contributed by atoms with van der Waals surface area (Å²) in [6.45, 7) is 0. The van der Waals surface area contributed by atoms with E-state index in [1.54, 1.807) is 6.07 Å². The first-order valence-electron chi connectivity index (χ1n) is 9.24. The highest BCUT2D eigenvalue weighted by molar-refractivity contribution is 6.05. The van der Waals surface area contributed by atoms with Gasteiger partial charge in [0.05, 0.1) is 16.9 Å². The van der Waals surface area contributed by atoms with Gasteiger partial charge in [0.2, 0.25) is 5.91 Å². The van der Waals surface area contributed by atoms with Gasteiger partial charge in [-0.3, -0.25) is 19.7 Å². The van der Waals surface area contributed by atoms with Crippen LogP contribution >= 0.6 is 0 Å². The lowest BCUT2D eigenvalue weighted by molar-refractivity contribution is -0.384. The SMILES string of the molecule is O=C(Cc1ccc([N+](=O)[O-])cc1)Nc1cccc(C(=O)Nc2cccc(C(F)(F)F)c2)c1. The zero-order valence-corrected chi connectivity index (χ0v) is 16.3. The molecule has 3 rings (SSSR count).